The summed E-state index contributed by atoms with van der Waals surface area (Å²) in [6, 6.07) is 3.73. The normalized spacial score (nSPS) is 10.2. The van der Waals surface area contributed by atoms with Crippen molar-refractivity contribution >= 4 is 5.69 Å². The van der Waals surface area contributed by atoms with E-state index in [4.69, 9.17) is 14.2 Å². The van der Waals surface area contributed by atoms with Crippen molar-refractivity contribution in [2.75, 3.05) is 52.9 Å². The minimum atomic E-state index is 0.720. The number of likely N-dealkylation sites (N-methyl/N-ethyl adjacent to an activating group) is 2. The number of nitrogens with zero attached hydrogens (tertiary/aromatic N) is 1. The maximum absolute atomic E-state index is 5.44. The number of rotatable bonds is 8. The van der Waals surface area contributed by atoms with Crippen LogP contribution in [0.4, 0.5) is 5.69 Å². The third-order valence-electron chi connectivity index (χ3n) is 2.94. The van der Waals surface area contributed by atoms with Crippen molar-refractivity contribution in [2.45, 2.75) is 6.92 Å². The lowest BCUT2D eigenvalue weighted by molar-refractivity contribution is 0.375. The molecule has 0 saturated carbocycles. The number of hydrogen-bond acceptors (Lipinski definition) is 5. The number of anilines is 1. The molecule has 0 aromatic heterocycles. The molecule has 0 unspecified atom stereocenters. The lowest BCUT2D eigenvalue weighted by Gasteiger charge is -2.24. The van der Waals surface area contributed by atoms with E-state index in [1.165, 1.54) is 0 Å². The molecule has 0 aliphatic heterocycles. The van der Waals surface area contributed by atoms with E-state index < -0.39 is 0 Å². The minimum Gasteiger partial charge on any atom is -0.496 e. The van der Waals surface area contributed by atoms with E-state index in [1.807, 2.05) is 19.2 Å². The highest BCUT2D eigenvalue weighted by atomic mass is 16.5. The van der Waals surface area contributed by atoms with Gasteiger partial charge in [-0.3, -0.25) is 0 Å². The van der Waals surface area contributed by atoms with Gasteiger partial charge in [-0.2, -0.15) is 0 Å². The summed E-state index contributed by atoms with van der Waals surface area (Å²) in [6.45, 7) is 4.83. The Hall–Kier alpha value is -1.62. The third-order valence-corrected chi connectivity index (χ3v) is 2.94. The van der Waals surface area contributed by atoms with Gasteiger partial charge in [0.05, 0.1) is 21.3 Å². The summed E-state index contributed by atoms with van der Waals surface area (Å²) >= 11 is 0. The molecule has 0 amide bonds. The van der Waals surface area contributed by atoms with Crippen LogP contribution in [0.2, 0.25) is 0 Å². The van der Waals surface area contributed by atoms with Gasteiger partial charge in [-0.1, -0.05) is 6.92 Å². The summed E-state index contributed by atoms with van der Waals surface area (Å²) < 4.78 is 16.1. The molecule has 0 saturated heterocycles. The van der Waals surface area contributed by atoms with Gasteiger partial charge in [-0.15, -0.1) is 0 Å². The molecular weight excluding hydrogens is 244 g/mol. The van der Waals surface area contributed by atoms with Crippen LogP contribution in [0.1, 0.15) is 6.92 Å². The molecule has 1 aromatic rings. The second-order valence-electron chi connectivity index (χ2n) is 4.16. The van der Waals surface area contributed by atoms with E-state index in [-0.39, 0.29) is 0 Å². The summed E-state index contributed by atoms with van der Waals surface area (Å²) in [6.07, 6.45) is 0. The van der Waals surface area contributed by atoms with E-state index in [2.05, 4.69) is 17.1 Å². The van der Waals surface area contributed by atoms with Gasteiger partial charge in [0, 0.05) is 32.3 Å². The van der Waals surface area contributed by atoms with Crippen molar-refractivity contribution in [3.8, 4) is 17.2 Å². The van der Waals surface area contributed by atoms with Crippen molar-refractivity contribution in [3.05, 3.63) is 12.1 Å². The van der Waals surface area contributed by atoms with Crippen LogP contribution < -0.4 is 24.4 Å². The highest BCUT2D eigenvalue weighted by molar-refractivity contribution is 5.70. The molecule has 108 valence electrons. The van der Waals surface area contributed by atoms with E-state index in [9.17, 15) is 0 Å². The standard InChI is InChI=1S/C14H24N2O3/c1-6-15-7-8-16(2)14-12(18-4)9-11(17-3)10-13(14)19-5/h9-10,15H,6-8H2,1-5H3. The van der Waals surface area contributed by atoms with Crippen LogP contribution in [0.25, 0.3) is 0 Å². The number of benzene rings is 1. The van der Waals surface area contributed by atoms with Crippen molar-refractivity contribution in [2.24, 2.45) is 0 Å². The van der Waals surface area contributed by atoms with Gasteiger partial charge in [-0.05, 0) is 6.54 Å². The SMILES string of the molecule is CCNCCN(C)c1c(OC)cc(OC)cc1OC. The van der Waals surface area contributed by atoms with Crippen molar-refractivity contribution in [3.63, 3.8) is 0 Å². The monoisotopic (exact) mass is 268 g/mol. The van der Waals surface area contributed by atoms with Gasteiger partial charge in [0.25, 0.3) is 0 Å². The predicted molar refractivity (Wildman–Crippen MR) is 77.9 cm³/mol. The second kappa shape index (κ2) is 7.74. The highest BCUT2D eigenvalue weighted by Gasteiger charge is 2.16. The number of ether oxygens (including phenoxy) is 3. The Kier molecular flexibility index (Phi) is 6.29. The van der Waals surface area contributed by atoms with Crippen LogP contribution in [0.3, 0.4) is 0 Å². The zero-order valence-corrected chi connectivity index (χ0v) is 12.4. The van der Waals surface area contributed by atoms with Gasteiger partial charge in [-0.25, -0.2) is 0 Å². The Bertz CT molecular complexity index is 371. The first-order valence-electron chi connectivity index (χ1n) is 6.39. The van der Waals surface area contributed by atoms with Gasteiger partial charge >= 0.3 is 0 Å². The van der Waals surface area contributed by atoms with Crippen LogP contribution in [-0.2, 0) is 0 Å². The van der Waals surface area contributed by atoms with Crippen molar-refractivity contribution in [1.29, 1.82) is 0 Å². The predicted octanol–water partition coefficient (Wildman–Crippen LogP) is 1.76. The Morgan fingerprint density at radius 3 is 2.05 bits per heavy atom. The maximum Gasteiger partial charge on any atom is 0.149 e. The molecule has 0 spiro atoms. The second-order valence-corrected chi connectivity index (χ2v) is 4.16. The molecule has 0 bridgehead atoms. The van der Waals surface area contributed by atoms with Gasteiger partial charge in [0.1, 0.15) is 22.9 Å². The smallest absolute Gasteiger partial charge is 0.149 e. The minimum absolute atomic E-state index is 0.720. The first kappa shape index (κ1) is 15.4. The maximum atomic E-state index is 5.44. The Morgan fingerprint density at radius 2 is 1.63 bits per heavy atom. The fourth-order valence-corrected chi connectivity index (χ4v) is 1.90. The molecule has 1 aromatic carbocycles. The number of methoxy groups -OCH3 is 3. The van der Waals surface area contributed by atoms with E-state index in [0.717, 1.165) is 42.6 Å². The molecule has 1 N–H and O–H groups in total. The lowest BCUT2D eigenvalue weighted by atomic mass is 10.2. The summed E-state index contributed by atoms with van der Waals surface area (Å²) in [5.41, 5.74) is 0.934. The molecule has 0 aliphatic carbocycles. The molecule has 0 heterocycles. The zero-order valence-electron chi connectivity index (χ0n) is 12.4. The van der Waals surface area contributed by atoms with Gasteiger partial charge < -0.3 is 24.4 Å². The summed E-state index contributed by atoms with van der Waals surface area (Å²) in [4.78, 5) is 2.11. The Labute approximate surface area is 115 Å². The first-order valence-corrected chi connectivity index (χ1v) is 6.39. The van der Waals surface area contributed by atoms with Gasteiger partial charge in [0.15, 0.2) is 0 Å². The number of nitrogens with one attached hydrogen (secondary N) is 1. The van der Waals surface area contributed by atoms with Crippen LogP contribution in [0, 0.1) is 0 Å². The average Bonchev–Trinajstić information content (AvgIpc) is 2.45. The molecule has 19 heavy (non-hydrogen) atoms. The van der Waals surface area contributed by atoms with Crippen molar-refractivity contribution < 1.29 is 14.2 Å². The topological polar surface area (TPSA) is 43.0 Å². The summed E-state index contributed by atoms with van der Waals surface area (Å²) in [5.74, 6) is 2.21. The largest absolute Gasteiger partial charge is 0.496 e. The summed E-state index contributed by atoms with van der Waals surface area (Å²) in [7, 11) is 6.94. The zero-order chi connectivity index (χ0) is 14.3. The summed E-state index contributed by atoms with van der Waals surface area (Å²) in [5, 5.41) is 3.30. The van der Waals surface area contributed by atoms with E-state index in [1.54, 1.807) is 21.3 Å². The van der Waals surface area contributed by atoms with Crippen LogP contribution >= 0.6 is 0 Å². The number of hydrogen-bond donors (Lipinski definition) is 1. The van der Waals surface area contributed by atoms with E-state index in [0.29, 0.717) is 0 Å². The average molecular weight is 268 g/mol. The molecule has 0 fully saturated rings. The highest BCUT2D eigenvalue weighted by Crippen LogP contribution is 2.40. The van der Waals surface area contributed by atoms with Crippen LogP contribution in [0.15, 0.2) is 12.1 Å². The Morgan fingerprint density at radius 1 is 1.05 bits per heavy atom. The third kappa shape index (κ3) is 3.92. The molecule has 0 atom stereocenters. The molecule has 0 radical (unpaired) electrons. The molecule has 5 nitrogen and oxygen atoms in total. The van der Waals surface area contributed by atoms with Crippen LogP contribution in [0.5, 0.6) is 17.2 Å². The first-order chi connectivity index (χ1) is 9.17. The lowest BCUT2D eigenvalue weighted by Crippen LogP contribution is -2.29. The fraction of sp³-hybridized carbons (Fsp3) is 0.571. The molecule has 5 heteroatoms. The van der Waals surface area contributed by atoms with Crippen molar-refractivity contribution in [1.82, 2.24) is 5.32 Å². The molecular formula is C14H24N2O3. The van der Waals surface area contributed by atoms with Crippen LogP contribution in [-0.4, -0.2) is 48.0 Å². The molecule has 0 aliphatic rings. The Balaban J connectivity index is 3.02. The fourth-order valence-electron chi connectivity index (χ4n) is 1.90. The quantitative estimate of drug-likeness (QED) is 0.728. The molecule has 1 rings (SSSR count). The van der Waals surface area contributed by atoms with Gasteiger partial charge in [0.2, 0.25) is 0 Å². The van der Waals surface area contributed by atoms with E-state index >= 15 is 0 Å².